The summed E-state index contributed by atoms with van der Waals surface area (Å²) in [5, 5.41) is 16.4. The highest BCUT2D eigenvalue weighted by Crippen LogP contribution is 2.34. The highest BCUT2D eigenvalue weighted by atomic mass is 16.5. The van der Waals surface area contributed by atoms with Crippen LogP contribution >= 0.6 is 0 Å². The molecule has 0 fully saturated rings. The van der Waals surface area contributed by atoms with Gasteiger partial charge in [-0.2, -0.15) is 5.10 Å². The van der Waals surface area contributed by atoms with Gasteiger partial charge in [-0.15, -0.1) is 0 Å². The highest BCUT2D eigenvalue weighted by molar-refractivity contribution is 5.71. The SMILES string of the molecule is COc1cc(O)c(-c2cc(N)n[nH]2)cc1C. The molecule has 0 unspecified atom stereocenters. The van der Waals surface area contributed by atoms with Gasteiger partial charge in [-0.25, -0.2) is 0 Å². The van der Waals surface area contributed by atoms with E-state index in [1.165, 1.54) is 0 Å². The van der Waals surface area contributed by atoms with E-state index in [4.69, 9.17) is 10.5 Å². The zero-order valence-corrected chi connectivity index (χ0v) is 9.11. The van der Waals surface area contributed by atoms with Gasteiger partial charge in [0.2, 0.25) is 0 Å². The fourth-order valence-electron chi connectivity index (χ4n) is 1.59. The standard InChI is InChI=1S/C11H13N3O2/c1-6-3-7(8-4-11(12)14-13-8)9(15)5-10(6)16-2/h3-5,15H,1-2H3,(H3,12,13,14). The van der Waals surface area contributed by atoms with E-state index in [1.807, 2.05) is 13.0 Å². The Morgan fingerprint density at radius 2 is 2.12 bits per heavy atom. The van der Waals surface area contributed by atoms with Crippen LogP contribution in [0.3, 0.4) is 0 Å². The van der Waals surface area contributed by atoms with Crippen molar-refractivity contribution >= 4 is 5.82 Å². The summed E-state index contributed by atoms with van der Waals surface area (Å²) in [5.74, 6) is 1.17. The lowest BCUT2D eigenvalue weighted by atomic mass is 10.1. The van der Waals surface area contributed by atoms with Crippen molar-refractivity contribution in [1.82, 2.24) is 10.2 Å². The number of aromatic nitrogens is 2. The molecule has 0 aliphatic rings. The molecule has 16 heavy (non-hydrogen) atoms. The van der Waals surface area contributed by atoms with E-state index < -0.39 is 0 Å². The quantitative estimate of drug-likeness (QED) is 0.717. The number of methoxy groups -OCH3 is 1. The van der Waals surface area contributed by atoms with E-state index >= 15 is 0 Å². The van der Waals surface area contributed by atoms with Crippen LogP contribution in [0.1, 0.15) is 5.56 Å². The lowest BCUT2D eigenvalue weighted by molar-refractivity contribution is 0.405. The van der Waals surface area contributed by atoms with Crippen molar-refractivity contribution in [1.29, 1.82) is 0 Å². The number of rotatable bonds is 2. The second kappa shape index (κ2) is 3.77. The number of anilines is 1. The van der Waals surface area contributed by atoms with Crippen molar-refractivity contribution < 1.29 is 9.84 Å². The maximum Gasteiger partial charge on any atom is 0.145 e. The molecule has 84 valence electrons. The summed E-state index contributed by atoms with van der Waals surface area (Å²) in [7, 11) is 1.57. The largest absolute Gasteiger partial charge is 0.507 e. The molecule has 1 aromatic carbocycles. The molecule has 0 aliphatic carbocycles. The lowest BCUT2D eigenvalue weighted by Crippen LogP contribution is -1.89. The van der Waals surface area contributed by atoms with Crippen molar-refractivity contribution in [3.63, 3.8) is 0 Å². The molecular weight excluding hydrogens is 206 g/mol. The van der Waals surface area contributed by atoms with Crippen molar-refractivity contribution in [3.05, 3.63) is 23.8 Å². The third-order valence-electron chi connectivity index (χ3n) is 2.40. The smallest absolute Gasteiger partial charge is 0.145 e. The molecule has 0 amide bonds. The predicted octanol–water partition coefficient (Wildman–Crippen LogP) is 1.68. The molecule has 5 nitrogen and oxygen atoms in total. The molecule has 2 rings (SSSR count). The third kappa shape index (κ3) is 1.67. The molecule has 0 spiro atoms. The molecule has 1 heterocycles. The van der Waals surface area contributed by atoms with Crippen molar-refractivity contribution in [2.75, 3.05) is 12.8 Å². The number of H-pyrrole nitrogens is 1. The zero-order valence-electron chi connectivity index (χ0n) is 9.11. The fourth-order valence-corrected chi connectivity index (χ4v) is 1.59. The first kappa shape index (κ1) is 10.4. The zero-order chi connectivity index (χ0) is 11.7. The summed E-state index contributed by atoms with van der Waals surface area (Å²) in [6, 6.07) is 5.06. The number of aromatic amines is 1. The number of hydrogen-bond acceptors (Lipinski definition) is 4. The average molecular weight is 219 g/mol. The van der Waals surface area contributed by atoms with Crippen LogP contribution in [0.4, 0.5) is 5.82 Å². The summed E-state index contributed by atoms with van der Waals surface area (Å²) in [5.41, 5.74) is 7.78. The monoisotopic (exact) mass is 219 g/mol. The van der Waals surface area contributed by atoms with Gasteiger partial charge in [0.25, 0.3) is 0 Å². The summed E-state index contributed by atoms with van der Waals surface area (Å²) in [4.78, 5) is 0. The van der Waals surface area contributed by atoms with E-state index in [2.05, 4.69) is 10.2 Å². The van der Waals surface area contributed by atoms with Crippen LogP contribution < -0.4 is 10.5 Å². The number of benzene rings is 1. The van der Waals surface area contributed by atoms with Gasteiger partial charge in [0.15, 0.2) is 0 Å². The third-order valence-corrected chi connectivity index (χ3v) is 2.40. The minimum Gasteiger partial charge on any atom is -0.507 e. The van der Waals surface area contributed by atoms with Gasteiger partial charge >= 0.3 is 0 Å². The fraction of sp³-hybridized carbons (Fsp3) is 0.182. The molecular formula is C11H13N3O2. The van der Waals surface area contributed by atoms with Crippen LogP contribution in [0, 0.1) is 6.92 Å². The Balaban J connectivity index is 2.54. The minimum absolute atomic E-state index is 0.131. The molecule has 1 aromatic heterocycles. The number of ether oxygens (including phenoxy) is 1. The van der Waals surface area contributed by atoms with Gasteiger partial charge in [0.1, 0.15) is 17.3 Å². The second-order valence-corrected chi connectivity index (χ2v) is 3.55. The van der Waals surface area contributed by atoms with Crippen LogP contribution in [0.15, 0.2) is 18.2 Å². The van der Waals surface area contributed by atoms with Crippen LogP contribution in [-0.4, -0.2) is 22.4 Å². The summed E-state index contributed by atoms with van der Waals surface area (Å²) in [6.45, 7) is 1.90. The number of aryl methyl sites for hydroxylation is 1. The molecule has 5 heteroatoms. The summed E-state index contributed by atoms with van der Waals surface area (Å²) in [6.07, 6.45) is 0. The molecule has 0 aliphatic heterocycles. The van der Waals surface area contributed by atoms with Crippen molar-refractivity contribution in [2.45, 2.75) is 6.92 Å². The number of nitrogens with two attached hydrogens (primary N) is 1. The molecule has 4 N–H and O–H groups in total. The topological polar surface area (TPSA) is 84.2 Å². The Morgan fingerprint density at radius 1 is 1.38 bits per heavy atom. The maximum absolute atomic E-state index is 9.84. The Bertz CT molecular complexity index is 520. The van der Waals surface area contributed by atoms with E-state index in [9.17, 15) is 5.11 Å². The Kier molecular flexibility index (Phi) is 2.44. The van der Waals surface area contributed by atoms with E-state index in [0.717, 1.165) is 5.56 Å². The van der Waals surface area contributed by atoms with Crippen LogP contribution in [0.2, 0.25) is 0 Å². The predicted molar refractivity (Wildman–Crippen MR) is 61.4 cm³/mol. The number of phenols is 1. The maximum atomic E-state index is 9.84. The molecule has 0 radical (unpaired) electrons. The first-order chi connectivity index (χ1) is 7.61. The molecule has 0 saturated carbocycles. The number of nitrogens with one attached hydrogen (secondary N) is 1. The minimum atomic E-state index is 0.131. The highest BCUT2D eigenvalue weighted by Gasteiger charge is 2.10. The molecule has 0 bridgehead atoms. The first-order valence-electron chi connectivity index (χ1n) is 4.80. The Hall–Kier alpha value is -2.17. The second-order valence-electron chi connectivity index (χ2n) is 3.55. The van der Waals surface area contributed by atoms with Gasteiger partial charge in [0.05, 0.1) is 12.8 Å². The Labute approximate surface area is 92.9 Å². The van der Waals surface area contributed by atoms with Crippen LogP contribution in [0.25, 0.3) is 11.3 Å². The summed E-state index contributed by atoms with van der Waals surface area (Å²) < 4.78 is 5.11. The number of hydrogen-bond donors (Lipinski definition) is 3. The molecule has 0 saturated heterocycles. The van der Waals surface area contributed by atoms with Gasteiger partial charge in [0, 0.05) is 17.7 Å². The van der Waals surface area contributed by atoms with E-state index in [1.54, 1.807) is 19.2 Å². The van der Waals surface area contributed by atoms with Crippen LogP contribution in [-0.2, 0) is 0 Å². The molecule has 0 atom stereocenters. The normalized spacial score (nSPS) is 10.4. The van der Waals surface area contributed by atoms with E-state index in [0.29, 0.717) is 22.8 Å². The first-order valence-corrected chi connectivity index (χ1v) is 4.80. The average Bonchev–Trinajstić information content (AvgIpc) is 2.67. The van der Waals surface area contributed by atoms with Crippen molar-refractivity contribution in [3.8, 4) is 22.8 Å². The van der Waals surface area contributed by atoms with Crippen molar-refractivity contribution in [2.24, 2.45) is 0 Å². The number of nitrogens with zero attached hydrogens (tertiary/aromatic N) is 1. The van der Waals surface area contributed by atoms with E-state index in [-0.39, 0.29) is 5.75 Å². The molecule has 2 aromatic rings. The number of phenolic OH excluding ortho intramolecular Hbond substituents is 1. The van der Waals surface area contributed by atoms with Gasteiger partial charge in [-0.3, -0.25) is 5.10 Å². The van der Waals surface area contributed by atoms with Gasteiger partial charge in [-0.1, -0.05) is 0 Å². The van der Waals surface area contributed by atoms with Gasteiger partial charge in [-0.05, 0) is 18.6 Å². The number of nitrogen functional groups attached to an aromatic ring is 1. The summed E-state index contributed by atoms with van der Waals surface area (Å²) >= 11 is 0. The number of aromatic hydroxyl groups is 1. The van der Waals surface area contributed by atoms with Crippen LogP contribution in [0.5, 0.6) is 11.5 Å². The lowest BCUT2D eigenvalue weighted by Gasteiger charge is -2.08. The van der Waals surface area contributed by atoms with Gasteiger partial charge < -0.3 is 15.6 Å². The Morgan fingerprint density at radius 3 is 2.69 bits per heavy atom.